The van der Waals surface area contributed by atoms with Crippen LogP contribution >= 0.6 is 7.52 Å². The fourth-order valence-electron chi connectivity index (χ4n) is 2.57. The summed E-state index contributed by atoms with van der Waals surface area (Å²) in [5.74, 6) is -2.71. The van der Waals surface area contributed by atoms with Gasteiger partial charge in [-0.1, -0.05) is 43.3 Å². The van der Waals surface area contributed by atoms with Crippen LogP contribution in [0.4, 0.5) is 0 Å². The van der Waals surface area contributed by atoms with E-state index in [0.29, 0.717) is 12.8 Å². The average molecular weight is 435 g/mol. The highest BCUT2D eigenvalue weighted by atomic mass is 31.2. The number of carboxylic acid groups (broad SMARTS) is 2. The minimum absolute atomic E-state index is 0.0277. The second-order valence-corrected chi connectivity index (χ2v) is 8.57. The molecule has 0 heterocycles. The summed E-state index contributed by atoms with van der Waals surface area (Å²) in [6, 6.07) is 13.8. The van der Waals surface area contributed by atoms with Crippen LogP contribution in [-0.2, 0) is 20.3 Å². The quantitative estimate of drug-likeness (QED) is 0.525. The molecule has 9 heteroatoms. The van der Waals surface area contributed by atoms with Crippen LogP contribution in [0, 0.1) is 6.92 Å². The van der Waals surface area contributed by atoms with Crippen molar-refractivity contribution in [1.82, 2.24) is 0 Å². The van der Waals surface area contributed by atoms with Gasteiger partial charge in [-0.3, -0.25) is 9.36 Å². The largest absolute Gasteiger partial charge is 0.478 e. The Kier molecular flexibility index (Phi) is 9.95. The van der Waals surface area contributed by atoms with Gasteiger partial charge in [0.15, 0.2) is 0 Å². The number of rotatable bonds is 8. The molecule has 30 heavy (non-hydrogen) atoms. The van der Waals surface area contributed by atoms with Crippen molar-refractivity contribution in [1.29, 1.82) is 0 Å². The van der Waals surface area contributed by atoms with Crippen molar-refractivity contribution < 1.29 is 33.7 Å². The van der Waals surface area contributed by atoms with Gasteiger partial charge < -0.3 is 14.7 Å². The number of carbonyl (C=O) groups is 3. The monoisotopic (exact) mass is 435 g/mol. The summed E-state index contributed by atoms with van der Waals surface area (Å²) < 4.78 is 16.4. The summed E-state index contributed by atoms with van der Waals surface area (Å²) in [5, 5.41) is 17.4. The highest BCUT2D eigenvalue weighted by molar-refractivity contribution is 7.56. The molecule has 2 rings (SSSR count). The molecule has 162 valence electrons. The van der Waals surface area contributed by atoms with Crippen molar-refractivity contribution >= 4 is 25.4 Å². The molecule has 0 aliphatic rings. The van der Waals surface area contributed by atoms with Gasteiger partial charge in [-0.15, -0.1) is 0 Å². The molecule has 0 aliphatic heterocycles. The molecule has 0 aliphatic carbocycles. The van der Waals surface area contributed by atoms with Crippen LogP contribution in [0.25, 0.3) is 0 Å². The van der Waals surface area contributed by atoms with E-state index in [-0.39, 0.29) is 29.3 Å². The van der Waals surface area contributed by atoms with E-state index in [1.54, 1.807) is 0 Å². The van der Waals surface area contributed by atoms with Gasteiger partial charge >= 0.3 is 25.4 Å². The van der Waals surface area contributed by atoms with Gasteiger partial charge in [0, 0.05) is 12.6 Å². The third-order valence-electron chi connectivity index (χ3n) is 4.05. The lowest BCUT2D eigenvalue weighted by atomic mass is 10.0. The first-order valence-electron chi connectivity index (χ1n) is 9.27. The molecular formula is C21H26NO7P. The van der Waals surface area contributed by atoms with E-state index in [1.165, 1.54) is 25.1 Å². The van der Waals surface area contributed by atoms with Gasteiger partial charge in [0.25, 0.3) is 0 Å². The first-order chi connectivity index (χ1) is 14.1. The van der Waals surface area contributed by atoms with Crippen molar-refractivity contribution in [3.63, 3.8) is 0 Å². The predicted molar refractivity (Wildman–Crippen MR) is 113 cm³/mol. The average Bonchev–Trinajstić information content (AvgIpc) is 2.67. The number of hydrogen-bond donors (Lipinski definition) is 3. The minimum atomic E-state index is -3.22. The molecule has 4 N–H and O–H groups in total. The van der Waals surface area contributed by atoms with E-state index in [9.17, 15) is 18.9 Å². The number of nitrogens with two attached hydrogens (primary N) is 1. The fourth-order valence-corrected chi connectivity index (χ4v) is 3.72. The molecule has 1 unspecified atom stereocenters. The van der Waals surface area contributed by atoms with E-state index in [2.05, 4.69) is 0 Å². The molecule has 0 bridgehead atoms. The Morgan fingerprint density at radius 2 is 1.50 bits per heavy atom. The van der Waals surface area contributed by atoms with Gasteiger partial charge in [-0.2, -0.15) is 0 Å². The molecule has 0 saturated carbocycles. The highest BCUT2D eigenvalue weighted by Gasteiger charge is 2.20. The number of aryl methyl sites for hydroxylation is 1. The lowest BCUT2D eigenvalue weighted by molar-refractivity contribution is -0.134. The van der Waals surface area contributed by atoms with Crippen LogP contribution in [0.15, 0.2) is 48.5 Å². The Bertz CT molecular complexity index is 896. The second-order valence-electron chi connectivity index (χ2n) is 6.49. The molecule has 0 fully saturated rings. The Morgan fingerprint density at radius 1 is 0.967 bits per heavy atom. The summed E-state index contributed by atoms with van der Waals surface area (Å²) in [6.07, 6.45) is 1.66. The van der Waals surface area contributed by atoms with E-state index >= 15 is 0 Å². The molecule has 2 aromatic carbocycles. The lowest BCUT2D eigenvalue weighted by Crippen LogP contribution is -2.10. The second kappa shape index (κ2) is 11.9. The maximum Gasteiger partial charge on any atom is 0.335 e. The van der Waals surface area contributed by atoms with E-state index in [1.807, 2.05) is 37.3 Å². The number of benzene rings is 2. The summed E-state index contributed by atoms with van der Waals surface area (Å²) in [7, 11) is -3.22. The Morgan fingerprint density at radius 3 is 1.97 bits per heavy atom. The van der Waals surface area contributed by atoms with Gasteiger partial charge in [0.2, 0.25) is 0 Å². The zero-order chi connectivity index (χ0) is 22.7. The molecular weight excluding hydrogens is 409 g/mol. The summed E-state index contributed by atoms with van der Waals surface area (Å²) in [6.45, 7) is 3.32. The number of carbonyl (C=O) groups excluding carboxylic acids is 1. The molecule has 0 aromatic heterocycles. The lowest BCUT2D eigenvalue weighted by Gasteiger charge is -2.12. The smallest absolute Gasteiger partial charge is 0.335 e. The van der Waals surface area contributed by atoms with Crippen LogP contribution in [0.2, 0.25) is 0 Å². The van der Waals surface area contributed by atoms with Crippen molar-refractivity contribution in [2.75, 3.05) is 6.16 Å². The van der Waals surface area contributed by atoms with Gasteiger partial charge in [0.1, 0.15) is 0 Å². The van der Waals surface area contributed by atoms with Crippen molar-refractivity contribution in [2.24, 2.45) is 5.50 Å². The van der Waals surface area contributed by atoms with Crippen LogP contribution in [-0.4, -0.2) is 34.3 Å². The van der Waals surface area contributed by atoms with Crippen molar-refractivity contribution in [2.45, 2.75) is 33.1 Å². The van der Waals surface area contributed by atoms with Crippen LogP contribution in [0.1, 0.15) is 51.6 Å². The summed E-state index contributed by atoms with van der Waals surface area (Å²) in [4.78, 5) is 32.6. The topological polar surface area (TPSA) is 144 Å². The SMILES string of the molecule is CCCP(N)(=O)OC(=O)CCc1ccccc1.Cc1c(C(=O)O)cccc1C(=O)O. The Balaban J connectivity index is 0.000000311. The number of hydrogen-bond acceptors (Lipinski definition) is 5. The maximum absolute atomic E-state index is 11.6. The van der Waals surface area contributed by atoms with Crippen molar-refractivity contribution in [3.8, 4) is 0 Å². The molecule has 2 aromatic rings. The van der Waals surface area contributed by atoms with Crippen LogP contribution in [0.3, 0.4) is 0 Å². The van der Waals surface area contributed by atoms with Crippen LogP contribution < -0.4 is 5.50 Å². The molecule has 0 amide bonds. The highest BCUT2D eigenvalue weighted by Crippen LogP contribution is 2.38. The number of carboxylic acids is 2. The van der Waals surface area contributed by atoms with E-state index in [4.69, 9.17) is 20.2 Å². The van der Waals surface area contributed by atoms with Gasteiger partial charge in [-0.05, 0) is 43.0 Å². The summed E-state index contributed by atoms with van der Waals surface area (Å²) in [5.41, 5.74) is 6.79. The predicted octanol–water partition coefficient (Wildman–Crippen LogP) is 4.12. The van der Waals surface area contributed by atoms with Gasteiger partial charge in [0.05, 0.1) is 11.1 Å². The minimum Gasteiger partial charge on any atom is -0.478 e. The maximum atomic E-state index is 11.6. The molecule has 0 saturated heterocycles. The third kappa shape index (κ3) is 8.59. The third-order valence-corrected chi connectivity index (χ3v) is 5.63. The molecule has 8 nitrogen and oxygen atoms in total. The first-order valence-corrected chi connectivity index (χ1v) is 11.2. The molecule has 0 spiro atoms. The Labute approximate surface area is 175 Å². The molecule has 0 radical (unpaired) electrons. The van der Waals surface area contributed by atoms with Gasteiger partial charge in [-0.25, -0.2) is 15.1 Å². The number of aromatic carboxylic acids is 2. The normalized spacial score (nSPS) is 12.1. The Hall–Kier alpha value is -2.96. The van der Waals surface area contributed by atoms with Crippen molar-refractivity contribution in [3.05, 3.63) is 70.8 Å². The zero-order valence-corrected chi connectivity index (χ0v) is 17.8. The summed E-state index contributed by atoms with van der Waals surface area (Å²) >= 11 is 0. The molecule has 1 atom stereocenters. The fraction of sp³-hybridized carbons (Fsp3) is 0.286. The van der Waals surface area contributed by atoms with E-state index in [0.717, 1.165) is 5.56 Å². The zero-order valence-electron chi connectivity index (χ0n) is 16.9. The van der Waals surface area contributed by atoms with Crippen LogP contribution in [0.5, 0.6) is 0 Å². The van der Waals surface area contributed by atoms with E-state index < -0.39 is 25.4 Å². The first kappa shape index (κ1) is 25.1. The standard InChI is InChI=1S/C12H18NO3P.C9H8O4/c1-2-10-17(13,15)16-12(14)9-8-11-6-4-3-5-7-11;1-5-6(8(10)11)3-2-4-7(5)9(12)13/h3-7H,2,8-10H2,1H3,(H2,13,15);2-4H,1H3,(H,10,11)(H,12,13).